The molecule has 0 saturated heterocycles. The molecule has 4 aromatic carbocycles. The van der Waals surface area contributed by atoms with Crippen molar-refractivity contribution in [3.63, 3.8) is 0 Å². The van der Waals surface area contributed by atoms with E-state index in [4.69, 9.17) is 4.74 Å². The molecular weight excluding hydrogens is 408 g/mol. The summed E-state index contributed by atoms with van der Waals surface area (Å²) in [5, 5.41) is 2.48. The average Bonchev–Trinajstić information content (AvgIpc) is 2.64. The van der Waals surface area contributed by atoms with Gasteiger partial charge in [-0.3, -0.25) is 0 Å². The molecule has 0 aliphatic carbocycles. The first-order valence-corrected chi connectivity index (χ1v) is 10.2. The first-order chi connectivity index (χ1) is 11.9. The average molecular weight is 424 g/mol. The van der Waals surface area contributed by atoms with Crippen LogP contribution in [-0.4, -0.2) is 20.9 Å². The van der Waals surface area contributed by atoms with Gasteiger partial charge in [0.1, 0.15) is 0 Å². The van der Waals surface area contributed by atoms with Crippen LogP contribution in [0.2, 0.25) is 0 Å². The Hall–Kier alpha value is -2.27. The van der Waals surface area contributed by atoms with Crippen molar-refractivity contribution in [3.05, 3.63) is 97.1 Å². The Kier molecular flexibility index (Phi) is 4.51. The first-order valence-electron chi connectivity index (χ1n) is 7.88. The van der Waals surface area contributed by atoms with Crippen LogP contribution in [0.5, 0.6) is 11.5 Å². The molecule has 0 aliphatic rings. The molecule has 1 nitrogen and oxygen atoms in total. The fourth-order valence-electron chi connectivity index (χ4n) is 2.67. The zero-order valence-electron chi connectivity index (χ0n) is 13.1. The van der Waals surface area contributed by atoms with Crippen LogP contribution in [0.1, 0.15) is 0 Å². The molecule has 0 spiro atoms. The first kappa shape index (κ1) is 15.3. The number of para-hydroxylation sites is 1. The maximum absolute atomic E-state index is 6.19. The number of benzene rings is 4. The molecule has 0 unspecified atom stereocenters. The molecule has 0 heterocycles. The third-order valence-electron chi connectivity index (χ3n) is 3.77. The van der Waals surface area contributed by atoms with E-state index < -0.39 is 20.9 Å². The third kappa shape index (κ3) is 3.31. The van der Waals surface area contributed by atoms with Gasteiger partial charge >= 0.3 is 152 Å². The fourth-order valence-corrected chi connectivity index (χ4v) is 5.57. The monoisotopic (exact) mass is 426 g/mol. The van der Waals surface area contributed by atoms with Gasteiger partial charge in [-0.05, 0) is 0 Å². The minimum absolute atomic E-state index is 0.454. The van der Waals surface area contributed by atoms with Crippen LogP contribution in [-0.2, 0) is 0 Å². The van der Waals surface area contributed by atoms with Crippen LogP contribution in [0.3, 0.4) is 0 Å². The molecule has 0 bridgehead atoms. The molecule has 4 rings (SSSR count). The summed E-state index contributed by atoms with van der Waals surface area (Å²) in [6.07, 6.45) is 0. The van der Waals surface area contributed by atoms with Gasteiger partial charge in [-0.1, -0.05) is 0 Å². The second-order valence-corrected chi connectivity index (χ2v) is 8.62. The molecule has 24 heavy (non-hydrogen) atoms. The van der Waals surface area contributed by atoms with E-state index >= 15 is 0 Å². The Balaban J connectivity index is 1.79. The van der Waals surface area contributed by atoms with Gasteiger partial charge in [0.25, 0.3) is 0 Å². The zero-order valence-corrected chi connectivity index (χ0v) is 15.4. The van der Waals surface area contributed by atoms with E-state index in [-0.39, 0.29) is 0 Å². The molecule has 0 N–H and O–H groups in total. The van der Waals surface area contributed by atoms with E-state index in [9.17, 15) is 0 Å². The summed E-state index contributed by atoms with van der Waals surface area (Å²) in [6, 6.07) is 33.6. The summed E-state index contributed by atoms with van der Waals surface area (Å²) in [5.41, 5.74) is 0. The van der Waals surface area contributed by atoms with Crippen molar-refractivity contribution in [2.75, 3.05) is 0 Å². The van der Waals surface area contributed by atoms with E-state index in [1.54, 1.807) is 0 Å². The van der Waals surface area contributed by atoms with Crippen LogP contribution in [0, 0.1) is 0 Å². The second-order valence-electron chi connectivity index (χ2n) is 5.44. The van der Waals surface area contributed by atoms with Crippen molar-refractivity contribution in [1.29, 1.82) is 0 Å². The van der Waals surface area contributed by atoms with Crippen molar-refractivity contribution in [2.45, 2.75) is 0 Å². The van der Waals surface area contributed by atoms with Gasteiger partial charge in [0.05, 0.1) is 0 Å². The molecule has 2 heteroatoms. The van der Waals surface area contributed by atoms with Crippen LogP contribution in [0.15, 0.2) is 97.1 Å². The Morgan fingerprint density at radius 1 is 0.583 bits per heavy atom. The predicted molar refractivity (Wildman–Crippen MR) is 102 cm³/mol. The predicted octanol–water partition coefficient (Wildman–Crippen LogP) is 4.29. The van der Waals surface area contributed by atoms with Crippen LogP contribution in [0.25, 0.3) is 10.8 Å². The van der Waals surface area contributed by atoms with Gasteiger partial charge in [0.15, 0.2) is 0 Å². The van der Waals surface area contributed by atoms with Gasteiger partial charge in [-0.25, -0.2) is 0 Å². The molecular formula is C22H16OTe. The van der Waals surface area contributed by atoms with Gasteiger partial charge in [0.2, 0.25) is 0 Å². The second kappa shape index (κ2) is 7.09. The van der Waals surface area contributed by atoms with E-state index in [1.807, 2.05) is 30.3 Å². The van der Waals surface area contributed by atoms with Crippen molar-refractivity contribution >= 4 is 38.9 Å². The molecule has 0 fully saturated rings. The SMILES string of the molecule is c1ccc(Oc2cccc3cccc([Te]c4ccccc4)c23)cc1. The summed E-state index contributed by atoms with van der Waals surface area (Å²) < 4.78 is 9.04. The van der Waals surface area contributed by atoms with Crippen molar-refractivity contribution in [3.8, 4) is 11.5 Å². The summed E-state index contributed by atoms with van der Waals surface area (Å²) in [7, 11) is 0. The van der Waals surface area contributed by atoms with Crippen molar-refractivity contribution < 1.29 is 4.74 Å². The molecule has 0 amide bonds. The molecule has 0 saturated carbocycles. The summed E-state index contributed by atoms with van der Waals surface area (Å²) in [6.45, 7) is 0. The normalized spacial score (nSPS) is 10.7. The van der Waals surface area contributed by atoms with Gasteiger partial charge < -0.3 is 0 Å². The number of hydrogen-bond donors (Lipinski definition) is 0. The van der Waals surface area contributed by atoms with Crippen LogP contribution >= 0.6 is 0 Å². The number of fused-ring (bicyclic) bond motifs is 1. The Morgan fingerprint density at radius 3 is 2.00 bits per heavy atom. The van der Waals surface area contributed by atoms with Gasteiger partial charge in [0, 0.05) is 0 Å². The van der Waals surface area contributed by atoms with Gasteiger partial charge in [-0.15, -0.1) is 0 Å². The molecule has 0 radical (unpaired) electrons. The Labute approximate surface area is 152 Å². The molecule has 0 aliphatic heterocycles. The molecule has 0 aromatic heterocycles. The third-order valence-corrected chi connectivity index (χ3v) is 6.82. The molecule has 0 atom stereocenters. The standard InChI is InChI=1S/C22H16OTe/c1-3-11-18(12-4-1)23-20-15-7-9-17-10-8-16-21(22(17)20)24-19-13-5-2-6-14-19/h1-16H. The topological polar surface area (TPSA) is 9.23 Å². The molecule has 4 aromatic rings. The molecule has 116 valence electrons. The Bertz CT molecular complexity index is 873. The Morgan fingerprint density at radius 2 is 1.25 bits per heavy atom. The summed E-state index contributed by atoms with van der Waals surface area (Å²) in [4.78, 5) is 0. The zero-order chi connectivity index (χ0) is 16.2. The number of hydrogen-bond acceptors (Lipinski definition) is 1. The van der Waals surface area contributed by atoms with Crippen molar-refractivity contribution in [1.82, 2.24) is 0 Å². The fraction of sp³-hybridized carbons (Fsp3) is 0. The summed E-state index contributed by atoms with van der Waals surface area (Å²) in [5.74, 6) is 1.82. The van der Waals surface area contributed by atoms with Crippen LogP contribution in [0.4, 0.5) is 0 Å². The van der Waals surface area contributed by atoms with E-state index in [2.05, 4.69) is 66.7 Å². The van der Waals surface area contributed by atoms with Gasteiger partial charge in [-0.2, -0.15) is 0 Å². The quantitative estimate of drug-likeness (QED) is 0.445. The van der Waals surface area contributed by atoms with Crippen LogP contribution < -0.4 is 12.0 Å². The summed E-state index contributed by atoms with van der Waals surface area (Å²) >= 11 is -0.454. The number of rotatable bonds is 4. The van der Waals surface area contributed by atoms with E-state index in [0.29, 0.717) is 0 Å². The maximum atomic E-state index is 6.19. The van der Waals surface area contributed by atoms with Crippen molar-refractivity contribution in [2.24, 2.45) is 0 Å². The minimum atomic E-state index is -0.454. The van der Waals surface area contributed by atoms with E-state index in [1.165, 1.54) is 18.0 Å². The number of ether oxygens (including phenoxy) is 1. The van der Waals surface area contributed by atoms with E-state index in [0.717, 1.165) is 11.5 Å².